The number of hydrogen-bond donors (Lipinski definition) is 1. The second kappa shape index (κ2) is 9.09. The molecule has 1 atom stereocenters. The minimum atomic E-state index is 0.109. The van der Waals surface area contributed by atoms with Crippen molar-refractivity contribution in [2.24, 2.45) is 9.98 Å². The Balaban J connectivity index is 1.36. The van der Waals surface area contributed by atoms with Crippen LogP contribution in [0.3, 0.4) is 0 Å². The van der Waals surface area contributed by atoms with Crippen molar-refractivity contribution >= 4 is 18.5 Å². The molecule has 2 aromatic carbocycles. The van der Waals surface area contributed by atoms with E-state index in [1.165, 1.54) is 22.3 Å². The van der Waals surface area contributed by atoms with E-state index < -0.39 is 0 Å². The summed E-state index contributed by atoms with van der Waals surface area (Å²) in [6.07, 6.45) is 6.51. The summed E-state index contributed by atoms with van der Waals surface area (Å²) in [6, 6.07) is 17.0. The summed E-state index contributed by atoms with van der Waals surface area (Å²) in [4.78, 5) is 20.3. The van der Waals surface area contributed by atoms with Crippen LogP contribution in [-0.4, -0.2) is 31.0 Å². The Morgan fingerprint density at radius 2 is 1.62 bits per heavy atom. The van der Waals surface area contributed by atoms with Gasteiger partial charge in [0, 0.05) is 19.2 Å². The van der Waals surface area contributed by atoms with Gasteiger partial charge in [-0.05, 0) is 42.9 Å². The molecule has 4 heteroatoms. The summed E-state index contributed by atoms with van der Waals surface area (Å²) >= 11 is 0. The van der Waals surface area contributed by atoms with Crippen molar-refractivity contribution in [3.8, 4) is 0 Å². The van der Waals surface area contributed by atoms with Crippen molar-refractivity contribution < 1.29 is 4.79 Å². The molecule has 1 N–H and O–H groups in total. The standard InChI is InChI=1S/C22H25N3O/c1-17-2-4-19(5-3-17)12-13-24-22(26)11-10-18-6-8-20(9-7-18)14-21-15-23-16-25-21/h2-9,15-16,21H,10-14H2,1H3,(H,24,26). The van der Waals surface area contributed by atoms with Crippen LogP contribution in [0.25, 0.3) is 0 Å². The van der Waals surface area contributed by atoms with E-state index in [0.717, 1.165) is 19.3 Å². The third kappa shape index (κ3) is 5.66. The Bertz CT molecular complexity index is 764. The van der Waals surface area contributed by atoms with Gasteiger partial charge in [0.1, 0.15) is 6.34 Å². The molecular weight excluding hydrogens is 322 g/mol. The van der Waals surface area contributed by atoms with Gasteiger partial charge in [-0.1, -0.05) is 54.1 Å². The Hall–Kier alpha value is -2.75. The highest BCUT2D eigenvalue weighted by Crippen LogP contribution is 2.11. The minimum Gasteiger partial charge on any atom is -0.356 e. The smallest absolute Gasteiger partial charge is 0.220 e. The van der Waals surface area contributed by atoms with Crippen molar-refractivity contribution in [1.29, 1.82) is 0 Å². The van der Waals surface area contributed by atoms with Crippen LogP contribution in [0.15, 0.2) is 58.5 Å². The predicted molar refractivity (Wildman–Crippen MR) is 107 cm³/mol. The van der Waals surface area contributed by atoms with E-state index in [1.807, 2.05) is 6.21 Å². The van der Waals surface area contributed by atoms with Gasteiger partial charge in [0.25, 0.3) is 0 Å². The third-order valence-corrected chi connectivity index (χ3v) is 4.55. The molecule has 4 nitrogen and oxygen atoms in total. The zero-order valence-corrected chi connectivity index (χ0v) is 15.2. The van der Waals surface area contributed by atoms with E-state index in [-0.39, 0.29) is 11.9 Å². The quantitative estimate of drug-likeness (QED) is 0.782. The van der Waals surface area contributed by atoms with Crippen molar-refractivity contribution in [2.75, 3.05) is 6.54 Å². The first kappa shape index (κ1) is 18.1. The van der Waals surface area contributed by atoms with Crippen molar-refractivity contribution in [3.63, 3.8) is 0 Å². The minimum absolute atomic E-state index is 0.109. The maximum atomic E-state index is 12.0. The van der Waals surface area contributed by atoms with Crippen LogP contribution < -0.4 is 5.32 Å². The summed E-state index contributed by atoms with van der Waals surface area (Å²) in [5.41, 5.74) is 4.94. The highest BCUT2D eigenvalue weighted by Gasteiger charge is 2.08. The number of amides is 1. The lowest BCUT2D eigenvalue weighted by atomic mass is 10.0. The van der Waals surface area contributed by atoms with Gasteiger partial charge in [0.05, 0.1) is 6.04 Å². The molecule has 0 saturated carbocycles. The number of hydrogen-bond acceptors (Lipinski definition) is 3. The summed E-state index contributed by atoms with van der Waals surface area (Å²) in [6.45, 7) is 2.76. The maximum absolute atomic E-state index is 12.0. The monoisotopic (exact) mass is 347 g/mol. The fourth-order valence-corrected chi connectivity index (χ4v) is 2.94. The normalized spacial score (nSPS) is 15.3. The fraction of sp³-hybridized carbons (Fsp3) is 0.318. The van der Waals surface area contributed by atoms with Crippen LogP contribution in [0, 0.1) is 6.92 Å². The van der Waals surface area contributed by atoms with Gasteiger partial charge >= 0.3 is 0 Å². The van der Waals surface area contributed by atoms with Gasteiger partial charge in [0.15, 0.2) is 0 Å². The lowest BCUT2D eigenvalue weighted by Crippen LogP contribution is -2.25. The van der Waals surface area contributed by atoms with E-state index >= 15 is 0 Å². The van der Waals surface area contributed by atoms with Crippen LogP contribution in [-0.2, 0) is 24.1 Å². The topological polar surface area (TPSA) is 53.8 Å². The first-order valence-corrected chi connectivity index (χ1v) is 9.14. The van der Waals surface area contributed by atoms with Gasteiger partial charge in [-0.2, -0.15) is 0 Å². The number of aryl methyl sites for hydroxylation is 2. The molecule has 1 unspecified atom stereocenters. The number of carbonyl (C=O) groups is 1. The summed E-state index contributed by atoms with van der Waals surface area (Å²) in [5.74, 6) is 0.109. The van der Waals surface area contributed by atoms with Gasteiger partial charge in [0.2, 0.25) is 5.91 Å². The molecule has 1 heterocycles. The highest BCUT2D eigenvalue weighted by molar-refractivity contribution is 5.82. The van der Waals surface area contributed by atoms with Gasteiger partial charge in [-0.25, -0.2) is 4.99 Å². The lowest BCUT2D eigenvalue weighted by molar-refractivity contribution is -0.121. The molecule has 2 aromatic rings. The Morgan fingerprint density at radius 1 is 0.962 bits per heavy atom. The number of nitrogens with one attached hydrogen (secondary N) is 1. The third-order valence-electron chi connectivity index (χ3n) is 4.55. The van der Waals surface area contributed by atoms with Crippen LogP contribution in [0.1, 0.15) is 28.7 Å². The lowest BCUT2D eigenvalue weighted by Gasteiger charge is -2.07. The molecule has 26 heavy (non-hydrogen) atoms. The molecule has 0 fully saturated rings. The molecule has 0 bridgehead atoms. The van der Waals surface area contributed by atoms with E-state index in [9.17, 15) is 4.79 Å². The number of aliphatic imine (C=N–C) groups is 2. The zero-order valence-electron chi connectivity index (χ0n) is 15.2. The van der Waals surface area contributed by atoms with Crippen LogP contribution >= 0.6 is 0 Å². The van der Waals surface area contributed by atoms with E-state index in [4.69, 9.17) is 0 Å². The Labute approximate surface area is 155 Å². The molecule has 0 radical (unpaired) electrons. The van der Waals surface area contributed by atoms with E-state index in [2.05, 4.69) is 70.8 Å². The SMILES string of the molecule is Cc1ccc(CCNC(=O)CCc2ccc(CC3C=NC=N3)cc2)cc1. The molecule has 1 aliphatic rings. The van der Waals surface area contributed by atoms with E-state index in [1.54, 1.807) is 6.34 Å². The average molecular weight is 347 g/mol. The molecule has 1 aliphatic heterocycles. The largest absolute Gasteiger partial charge is 0.356 e. The Kier molecular flexibility index (Phi) is 6.31. The molecule has 3 rings (SSSR count). The van der Waals surface area contributed by atoms with Crippen molar-refractivity contribution in [1.82, 2.24) is 5.32 Å². The maximum Gasteiger partial charge on any atom is 0.220 e. The number of rotatable bonds is 8. The fourth-order valence-electron chi connectivity index (χ4n) is 2.94. The number of benzene rings is 2. The first-order valence-electron chi connectivity index (χ1n) is 9.14. The molecule has 0 aliphatic carbocycles. The molecular formula is C22H25N3O. The molecule has 0 spiro atoms. The molecule has 1 amide bonds. The summed E-state index contributed by atoms with van der Waals surface area (Å²) in [5, 5.41) is 3.01. The number of carbonyl (C=O) groups excluding carboxylic acids is 1. The summed E-state index contributed by atoms with van der Waals surface area (Å²) < 4.78 is 0. The second-order valence-corrected chi connectivity index (χ2v) is 6.74. The molecule has 0 aromatic heterocycles. The van der Waals surface area contributed by atoms with Crippen molar-refractivity contribution in [3.05, 3.63) is 70.8 Å². The Morgan fingerprint density at radius 3 is 2.31 bits per heavy atom. The predicted octanol–water partition coefficient (Wildman–Crippen LogP) is 3.31. The van der Waals surface area contributed by atoms with Crippen LogP contribution in [0.4, 0.5) is 0 Å². The first-order chi connectivity index (χ1) is 12.7. The van der Waals surface area contributed by atoms with Gasteiger partial charge in [-0.15, -0.1) is 0 Å². The summed E-state index contributed by atoms with van der Waals surface area (Å²) in [7, 11) is 0. The van der Waals surface area contributed by atoms with E-state index in [0.29, 0.717) is 13.0 Å². The van der Waals surface area contributed by atoms with Gasteiger partial charge in [-0.3, -0.25) is 9.79 Å². The van der Waals surface area contributed by atoms with Crippen LogP contribution in [0.5, 0.6) is 0 Å². The number of nitrogens with zero attached hydrogens (tertiary/aromatic N) is 2. The highest BCUT2D eigenvalue weighted by atomic mass is 16.1. The zero-order chi connectivity index (χ0) is 18.2. The van der Waals surface area contributed by atoms with Gasteiger partial charge < -0.3 is 5.32 Å². The average Bonchev–Trinajstić information content (AvgIpc) is 3.16. The molecule has 0 saturated heterocycles. The van der Waals surface area contributed by atoms with Crippen LogP contribution in [0.2, 0.25) is 0 Å². The second-order valence-electron chi connectivity index (χ2n) is 6.74. The molecule has 134 valence electrons. The van der Waals surface area contributed by atoms with Crippen molar-refractivity contribution in [2.45, 2.75) is 38.6 Å².